The number of ether oxygens (including phenoxy) is 1. The predicted molar refractivity (Wildman–Crippen MR) is 56.8 cm³/mol. The molecule has 0 aromatic heterocycles. The van der Waals surface area contributed by atoms with Gasteiger partial charge in [-0.15, -0.1) is 0 Å². The largest absolute Gasteiger partial charge is 0.381 e. The molecule has 0 radical (unpaired) electrons. The number of benzene rings is 1. The van der Waals surface area contributed by atoms with E-state index in [9.17, 15) is 13.2 Å². The van der Waals surface area contributed by atoms with Crippen LogP contribution < -0.4 is 5.73 Å². The van der Waals surface area contributed by atoms with E-state index in [1.54, 1.807) is 0 Å². The summed E-state index contributed by atoms with van der Waals surface area (Å²) in [6.45, 7) is 1.20. The maximum absolute atomic E-state index is 13.1. The van der Waals surface area contributed by atoms with Gasteiger partial charge in [0.15, 0.2) is 17.5 Å². The minimum absolute atomic E-state index is 0.119. The third-order valence-electron chi connectivity index (χ3n) is 3.16. The lowest BCUT2D eigenvalue weighted by Crippen LogP contribution is -2.27. The minimum atomic E-state index is -1.45. The van der Waals surface area contributed by atoms with Crippen LogP contribution >= 0.6 is 0 Å². The Labute approximate surface area is 97.6 Å². The van der Waals surface area contributed by atoms with Gasteiger partial charge in [-0.1, -0.05) is 0 Å². The molecule has 2 N–H and O–H groups in total. The van der Waals surface area contributed by atoms with Crippen LogP contribution in [0.3, 0.4) is 0 Å². The summed E-state index contributed by atoms with van der Waals surface area (Å²) in [6.07, 6.45) is 1.50. The fraction of sp³-hybridized carbons (Fsp3) is 0.500. The first-order chi connectivity index (χ1) is 8.09. The van der Waals surface area contributed by atoms with Gasteiger partial charge in [-0.2, -0.15) is 0 Å². The van der Waals surface area contributed by atoms with Gasteiger partial charge >= 0.3 is 0 Å². The number of nitrogens with two attached hydrogens (primary N) is 1. The van der Waals surface area contributed by atoms with Gasteiger partial charge < -0.3 is 10.5 Å². The van der Waals surface area contributed by atoms with E-state index in [0.717, 1.165) is 25.0 Å². The first kappa shape index (κ1) is 12.4. The summed E-state index contributed by atoms with van der Waals surface area (Å²) in [5, 5.41) is 0. The summed E-state index contributed by atoms with van der Waals surface area (Å²) < 4.78 is 44.1. The Morgan fingerprint density at radius 3 is 2.18 bits per heavy atom. The molecule has 94 valence electrons. The van der Waals surface area contributed by atoms with Gasteiger partial charge in [0.05, 0.1) is 0 Å². The van der Waals surface area contributed by atoms with Crippen LogP contribution in [0.5, 0.6) is 0 Å². The average molecular weight is 245 g/mol. The predicted octanol–water partition coefficient (Wildman–Crippen LogP) is 2.53. The molecule has 1 aromatic carbocycles. The lowest BCUT2D eigenvalue weighted by Gasteiger charge is -2.27. The molecule has 5 heteroatoms. The van der Waals surface area contributed by atoms with Crippen molar-refractivity contribution in [2.75, 3.05) is 13.2 Å². The zero-order valence-electron chi connectivity index (χ0n) is 9.26. The fourth-order valence-corrected chi connectivity index (χ4v) is 2.11. The highest BCUT2D eigenvalue weighted by atomic mass is 19.2. The molecule has 2 nitrogen and oxygen atoms in total. The first-order valence-corrected chi connectivity index (χ1v) is 5.57. The summed E-state index contributed by atoms with van der Waals surface area (Å²) in [5.41, 5.74) is 6.25. The molecule has 2 rings (SSSR count). The standard InChI is InChI=1S/C12H14F3NO/c13-9-5-8(6-10(14)11(9)15)12(16)7-1-3-17-4-2-7/h5-7,12H,1-4,16H2/t12-/m0/s1. The summed E-state index contributed by atoms with van der Waals surface area (Å²) >= 11 is 0. The van der Waals surface area contributed by atoms with E-state index >= 15 is 0 Å². The van der Waals surface area contributed by atoms with Crippen molar-refractivity contribution in [3.8, 4) is 0 Å². The maximum atomic E-state index is 13.1. The molecular weight excluding hydrogens is 231 g/mol. The average Bonchev–Trinajstić information content (AvgIpc) is 2.35. The van der Waals surface area contributed by atoms with E-state index in [1.807, 2.05) is 0 Å². The van der Waals surface area contributed by atoms with Crippen molar-refractivity contribution >= 4 is 0 Å². The summed E-state index contributed by atoms with van der Waals surface area (Å²) in [7, 11) is 0. The normalized spacial score (nSPS) is 19.3. The molecule has 1 fully saturated rings. The lowest BCUT2D eigenvalue weighted by atomic mass is 9.88. The second kappa shape index (κ2) is 5.06. The SMILES string of the molecule is N[C@H](c1cc(F)c(F)c(F)c1)C1CCOCC1. The van der Waals surface area contributed by atoms with Crippen LogP contribution in [0.4, 0.5) is 13.2 Å². The Bertz CT molecular complexity index is 382. The number of hydrogen-bond donors (Lipinski definition) is 1. The Hall–Kier alpha value is -1.07. The highest BCUT2D eigenvalue weighted by molar-refractivity contribution is 5.23. The summed E-state index contributed by atoms with van der Waals surface area (Å²) in [5.74, 6) is -3.72. The van der Waals surface area contributed by atoms with Crippen LogP contribution in [-0.4, -0.2) is 13.2 Å². The zero-order valence-corrected chi connectivity index (χ0v) is 9.26. The van der Waals surface area contributed by atoms with Crippen molar-refractivity contribution in [2.45, 2.75) is 18.9 Å². The van der Waals surface area contributed by atoms with Crippen LogP contribution in [0.1, 0.15) is 24.4 Å². The molecule has 0 unspecified atom stereocenters. The van der Waals surface area contributed by atoms with Crippen molar-refractivity contribution in [1.29, 1.82) is 0 Å². The molecular formula is C12H14F3NO. The van der Waals surface area contributed by atoms with Crippen molar-refractivity contribution < 1.29 is 17.9 Å². The van der Waals surface area contributed by atoms with E-state index in [4.69, 9.17) is 10.5 Å². The second-order valence-electron chi connectivity index (χ2n) is 4.27. The van der Waals surface area contributed by atoms with Crippen molar-refractivity contribution in [3.63, 3.8) is 0 Å². The number of hydrogen-bond acceptors (Lipinski definition) is 2. The molecule has 1 atom stereocenters. The molecule has 1 aliphatic heterocycles. The number of rotatable bonds is 2. The summed E-state index contributed by atoms with van der Waals surface area (Å²) in [4.78, 5) is 0. The van der Waals surface area contributed by atoms with Gasteiger partial charge in [-0.05, 0) is 36.5 Å². The second-order valence-corrected chi connectivity index (χ2v) is 4.27. The molecule has 17 heavy (non-hydrogen) atoms. The monoisotopic (exact) mass is 245 g/mol. The third kappa shape index (κ3) is 2.61. The van der Waals surface area contributed by atoms with Gasteiger partial charge in [-0.3, -0.25) is 0 Å². The molecule has 1 heterocycles. The number of halogens is 3. The fourth-order valence-electron chi connectivity index (χ4n) is 2.11. The van der Waals surface area contributed by atoms with Crippen LogP contribution in [0.2, 0.25) is 0 Å². The Morgan fingerprint density at radius 2 is 1.65 bits per heavy atom. The van der Waals surface area contributed by atoms with Crippen LogP contribution in [0.15, 0.2) is 12.1 Å². The molecule has 0 aliphatic carbocycles. The van der Waals surface area contributed by atoms with E-state index < -0.39 is 23.5 Å². The lowest BCUT2D eigenvalue weighted by molar-refractivity contribution is 0.0583. The van der Waals surface area contributed by atoms with E-state index in [1.165, 1.54) is 0 Å². The van der Waals surface area contributed by atoms with Gasteiger partial charge in [0.2, 0.25) is 0 Å². The molecule has 1 aliphatic rings. The Morgan fingerprint density at radius 1 is 1.12 bits per heavy atom. The van der Waals surface area contributed by atoms with Gasteiger partial charge in [0.1, 0.15) is 0 Å². The molecule has 0 amide bonds. The molecule has 1 aromatic rings. The topological polar surface area (TPSA) is 35.2 Å². The van der Waals surface area contributed by atoms with Gasteiger partial charge in [-0.25, -0.2) is 13.2 Å². The van der Waals surface area contributed by atoms with Gasteiger partial charge in [0, 0.05) is 19.3 Å². The molecule has 0 bridgehead atoms. The van der Waals surface area contributed by atoms with Crippen molar-refractivity contribution in [3.05, 3.63) is 35.1 Å². The molecule has 0 spiro atoms. The smallest absolute Gasteiger partial charge is 0.194 e. The summed E-state index contributed by atoms with van der Waals surface area (Å²) in [6, 6.07) is 1.46. The van der Waals surface area contributed by atoms with Crippen LogP contribution in [0.25, 0.3) is 0 Å². The highest BCUT2D eigenvalue weighted by Gasteiger charge is 2.24. The third-order valence-corrected chi connectivity index (χ3v) is 3.16. The van der Waals surface area contributed by atoms with Crippen LogP contribution in [0, 0.1) is 23.4 Å². The molecule has 0 saturated carbocycles. The van der Waals surface area contributed by atoms with Gasteiger partial charge in [0.25, 0.3) is 0 Å². The molecule has 1 saturated heterocycles. The minimum Gasteiger partial charge on any atom is -0.381 e. The van der Waals surface area contributed by atoms with E-state index in [-0.39, 0.29) is 5.92 Å². The van der Waals surface area contributed by atoms with Crippen LogP contribution in [-0.2, 0) is 4.74 Å². The maximum Gasteiger partial charge on any atom is 0.194 e. The van der Waals surface area contributed by atoms with E-state index in [2.05, 4.69) is 0 Å². The van der Waals surface area contributed by atoms with E-state index in [0.29, 0.717) is 18.8 Å². The van der Waals surface area contributed by atoms with Crippen molar-refractivity contribution in [1.82, 2.24) is 0 Å². The Kier molecular flexibility index (Phi) is 3.69. The first-order valence-electron chi connectivity index (χ1n) is 5.57. The van der Waals surface area contributed by atoms with Crippen molar-refractivity contribution in [2.24, 2.45) is 11.7 Å². The quantitative estimate of drug-likeness (QED) is 0.812. The highest BCUT2D eigenvalue weighted by Crippen LogP contribution is 2.29. The zero-order chi connectivity index (χ0) is 12.4. The Balaban J connectivity index is 2.21.